The summed E-state index contributed by atoms with van der Waals surface area (Å²) in [4.78, 5) is 20.1. The summed E-state index contributed by atoms with van der Waals surface area (Å²) >= 11 is 3.23. The van der Waals surface area contributed by atoms with Crippen molar-refractivity contribution in [1.29, 1.82) is 0 Å². The second-order valence-electron chi connectivity index (χ2n) is 6.72. The number of rotatable bonds is 4. The highest BCUT2D eigenvalue weighted by Gasteiger charge is 2.30. The quantitative estimate of drug-likeness (QED) is 0.561. The number of hydrogen-bond donors (Lipinski definition) is 1. The summed E-state index contributed by atoms with van der Waals surface area (Å²) in [5, 5.41) is 4.99. The van der Waals surface area contributed by atoms with E-state index in [1.807, 2.05) is 42.6 Å². The Bertz CT molecular complexity index is 974. The van der Waals surface area contributed by atoms with Crippen molar-refractivity contribution in [2.45, 2.75) is 35.0 Å². The van der Waals surface area contributed by atoms with Gasteiger partial charge in [0.05, 0.1) is 6.04 Å². The largest absolute Gasteiger partial charge is 0.322 e. The molecule has 0 bridgehead atoms. The Morgan fingerprint density at radius 2 is 2.11 bits per heavy atom. The van der Waals surface area contributed by atoms with Crippen molar-refractivity contribution in [3.05, 3.63) is 71.0 Å². The van der Waals surface area contributed by atoms with Crippen molar-refractivity contribution in [2.24, 2.45) is 0 Å². The predicted molar refractivity (Wildman–Crippen MR) is 112 cm³/mol. The summed E-state index contributed by atoms with van der Waals surface area (Å²) in [6.07, 6.45) is 1.76. The van der Waals surface area contributed by atoms with E-state index < -0.39 is 0 Å². The molecule has 1 aliphatic heterocycles. The second-order valence-corrected chi connectivity index (χ2v) is 8.90. The van der Waals surface area contributed by atoms with Gasteiger partial charge in [-0.15, -0.1) is 11.3 Å². The standard InChI is InChI=1S/C21H20FN3OS2/c1-14-13-27-21(23-14)28-18-9-7-17(8-10-18)24-20(26)25-11-3-6-19(25)15-4-2-5-16(22)12-15/h2,4-5,7-10,12-13,19H,3,6,11H2,1H3,(H,24,26)/t19-/m1/s1. The maximum Gasteiger partial charge on any atom is 0.322 e. The molecule has 1 aliphatic rings. The maximum absolute atomic E-state index is 13.6. The van der Waals surface area contributed by atoms with Gasteiger partial charge in [0.25, 0.3) is 0 Å². The smallest absolute Gasteiger partial charge is 0.317 e. The van der Waals surface area contributed by atoms with Gasteiger partial charge in [0, 0.05) is 28.2 Å². The van der Waals surface area contributed by atoms with E-state index in [1.54, 1.807) is 34.1 Å². The Morgan fingerprint density at radius 3 is 2.82 bits per heavy atom. The van der Waals surface area contributed by atoms with Gasteiger partial charge in [-0.25, -0.2) is 14.2 Å². The monoisotopic (exact) mass is 413 g/mol. The van der Waals surface area contributed by atoms with Crippen LogP contribution in [0.4, 0.5) is 14.9 Å². The first-order chi connectivity index (χ1) is 13.6. The number of nitrogens with one attached hydrogen (secondary N) is 1. The van der Waals surface area contributed by atoms with Crippen LogP contribution >= 0.6 is 23.1 Å². The van der Waals surface area contributed by atoms with E-state index >= 15 is 0 Å². The van der Waals surface area contributed by atoms with Gasteiger partial charge in [-0.1, -0.05) is 23.9 Å². The molecule has 1 fully saturated rings. The highest BCUT2D eigenvalue weighted by Crippen LogP contribution is 2.33. The van der Waals surface area contributed by atoms with Crippen molar-refractivity contribution in [3.63, 3.8) is 0 Å². The first-order valence-electron chi connectivity index (χ1n) is 9.11. The number of halogens is 1. The van der Waals surface area contributed by atoms with Crippen LogP contribution in [0, 0.1) is 12.7 Å². The Labute approximate surface area is 171 Å². The number of carbonyl (C=O) groups is 1. The molecule has 1 N–H and O–H groups in total. The predicted octanol–water partition coefficient (Wildman–Crippen LogP) is 6.11. The lowest BCUT2D eigenvalue weighted by Crippen LogP contribution is -2.34. The molecule has 7 heteroatoms. The van der Waals surface area contributed by atoms with Crippen LogP contribution in [0.1, 0.15) is 30.1 Å². The van der Waals surface area contributed by atoms with Crippen molar-refractivity contribution >= 4 is 34.8 Å². The fourth-order valence-corrected chi connectivity index (χ4v) is 5.16. The Morgan fingerprint density at radius 1 is 1.29 bits per heavy atom. The van der Waals surface area contributed by atoms with Crippen LogP contribution in [0.5, 0.6) is 0 Å². The fourth-order valence-electron chi connectivity index (χ4n) is 3.35. The number of likely N-dealkylation sites (tertiary alicyclic amines) is 1. The van der Waals surface area contributed by atoms with Gasteiger partial charge < -0.3 is 10.2 Å². The summed E-state index contributed by atoms with van der Waals surface area (Å²) < 4.78 is 14.6. The summed E-state index contributed by atoms with van der Waals surface area (Å²) in [5.74, 6) is -0.270. The zero-order valence-electron chi connectivity index (χ0n) is 15.4. The number of benzene rings is 2. The van der Waals surface area contributed by atoms with Gasteiger partial charge >= 0.3 is 6.03 Å². The Balaban J connectivity index is 1.41. The highest BCUT2D eigenvalue weighted by molar-refractivity contribution is 8.01. The first kappa shape index (κ1) is 19.0. The van der Waals surface area contributed by atoms with Crippen LogP contribution < -0.4 is 5.32 Å². The lowest BCUT2D eigenvalue weighted by Gasteiger charge is -2.25. The van der Waals surface area contributed by atoms with Gasteiger partial charge in [0.2, 0.25) is 0 Å². The number of urea groups is 1. The zero-order valence-corrected chi connectivity index (χ0v) is 17.0. The van der Waals surface area contributed by atoms with Gasteiger partial charge in [-0.3, -0.25) is 0 Å². The molecule has 0 spiro atoms. The third kappa shape index (κ3) is 4.36. The SMILES string of the molecule is Cc1csc(Sc2ccc(NC(=O)N3CCC[C@@H]3c3cccc(F)c3)cc2)n1. The number of thiazole rings is 1. The fraction of sp³-hybridized carbons (Fsp3) is 0.238. The minimum Gasteiger partial charge on any atom is -0.317 e. The van der Waals surface area contributed by atoms with E-state index in [0.29, 0.717) is 6.54 Å². The van der Waals surface area contributed by atoms with Crippen molar-refractivity contribution in [2.75, 3.05) is 11.9 Å². The molecule has 0 saturated carbocycles. The van der Waals surface area contributed by atoms with E-state index in [1.165, 1.54) is 12.1 Å². The number of carbonyl (C=O) groups excluding carboxylic acids is 1. The number of amides is 2. The maximum atomic E-state index is 13.6. The molecule has 0 radical (unpaired) electrons. The van der Waals surface area contributed by atoms with Crippen LogP contribution in [0.2, 0.25) is 0 Å². The highest BCUT2D eigenvalue weighted by atomic mass is 32.2. The average molecular weight is 414 g/mol. The van der Waals surface area contributed by atoms with Crippen LogP contribution in [0.15, 0.2) is 63.1 Å². The molecule has 2 heterocycles. The number of nitrogens with zero attached hydrogens (tertiary/aromatic N) is 2. The summed E-state index contributed by atoms with van der Waals surface area (Å²) in [6.45, 7) is 2.65. The van der Waals surface area contributed by atoms with Gasteiger partial charge in [0.15, 0.2) is 4.34 Å². The molecule has 2 aromatic carbocycles. The third-order valence-electron chi connectivity index (χ3n) is 4.66. The molecule has 4 nitrogen and oxygen atoms in total. The van der Waals surface area contributed by atoms with E-state index in [4.69, 9.17) is 0 Å². The minimum absolute atomic E-state index is 0.0846. The molecule has 1 atom stereocenters. The molecule has 1 aromatic heterocycles. The van der Waals surface area contributed by atoms with Crippen LogP contribution in [-0.2, 0) is 0 Å². The van der Waals surface area contributed by atoms with Gasteiger partial charge in [0.1, 0.15) is 5.82 Å². The molecule has 4 rings (SSSR count). The first-order valence-corrected chi connectivity index (χ1v) is 10.8. The van der Waals surface area contributed by atoms with E-state index in [-0.39, 0.29) is 17.9 Å². The normalized spacial score (nSPS) is 16.4. The van der Waals surface area contributed by atoms with Crippen LogP contribution in [0.25, 0.3) is 0 Å². The average Bonchev–Trinajstić information content (AvgIpc) is 3.32. The summed E-state index contributed by atoms with van der Waals surface area (Å²) in [5.41, 5.74) is 2.61. The molecular formula is C21H20FN3OS2. The van der Waals surface area contributed by atoms with E-state index in [0.717, 1.165) is 39.0 Å². The van der Waals surface area contributed by atoms with E-state index in [9.17, 15) is 9.18 Å². The van der Waals surface area contributed by atoms with Crippen molar-refractivity contribution < 1.29 is 9.18 Å². The Hall–Kier alpha value is -2.38. The lowest BCUT2D eigenvalue weighted by atomic mass is 10.0. The Kier molecular flexibility index (Phi) is 5.64. The summed E-state index contributed by atoms with van der Waals surface area (Å²) in [6, 6.07) is 14.0. The number of anilines is 1. The van der Waals surface area contributed by atoms with Crippen molar-refractivity contribution in [1.82, 2.24) is 9.88 Å². The molecule has 0 aliphatic carbocycles. The molecule has 0 unspecified atom stereocenters. The molecule has 28 heavy (non-hydrogen) atoms. The molecule has 144 valence electrons. The molecule has 3 aromatic rings. The minimum atomic E-state index is -0.270. The lowest BCUT2D eigenvalue weighted by molar-refractivity contribution is 0.207. The second kappa shape index (κ2) is 8.32. The molecular weight excluding hydrogens is 393 g/mol. The third-order valence-corrected chi connectivity index (χ3v) is 6.72. The molecule has 1 saturated heterocycles. The van der Waals surface area contributed by atoms with Crippen LogP contribution in [0.3, 0.4) is 0 Å². The number of aryl methyl sites for hydroxylation is 1. The zero-order chi connectivity index (χ0) is 19.5. The number of aromatic nitrogens is 1. The van der Waals surface area contributed by atoms with Gasteiger partial charge in [-0.2, -0.15) is 0 Å². The van der Waals surface area contributed by atoms with E-state index in [2.05, 4.69) is 10.3 Å². The van der Waals surface area contributed by atoms with Gasteiger partial charge in [-0.05, 0) is 61.7 Å². The van der Waals surface area contributed by atoms with Crippen LogP contribution in [-0.4, -0.2) is 22.5 Å². The topological polar surface area (TPSA) is 45.2 Å². The number of hydrogen-bond acceptors (Lipinski definition) is 4. The van der Waals surface area contributed by atoms with Crippen molar-refractivity contribution in [3.8, 4) is 0 Å². The summed E-state index contributed by atoms with van der Waals surface area (Å²) in [7, 11) is 0. The molecule has 2 amide bonds.